The van der Waals surface area contributed by atoms with Gasteiger partial charge in [-0.2, -0.15) is 0 Å². The minimum atomic E-state index is -0.589. The van der Waals surface area contributed by atoms with Crippen molar-refractivity contribution in [2.45, 2.75) is 200 Å². The molecule has 1 unspecified atom stereocenters. The molecule has 8 nitrogen and oxygen atoms in total. The van der Waals surface area contributed by atoms with E-state index in [-0.39, 0.29) is 5.91 Å². The highest BCUT2D eigenvalue weighted by atomic mass is 16.5. The molecule has 0 aromatic heterocycles. The van der Waals surface area contributed by atoms with Crippen molar-refractivity contribution < 1.29 is 28.5 Å². The Hall–Kier alpha value is -1.29. The van der Waals surface area contributed by atoms with Gasteiger partial charge in [0.1, 0.15) is 0 Å². The Morgan fingerprint density at radius 3 is 1.29 bits per heavy atom. The van der Waals surface area contributed by atoms with Gasteiger partial charge in [-0.3, -0.25) is 4.79 Å². The summed E-state index contributed by atoms with van der Waals surface area (Å²) >= 11 is 0. The SMILES string of the molecule is CCCCCCCC/C=C\CCCCCCCCOCC(OCCCCCCCC/C=C\CCCCCCCC)C(=O)NCCOCCOCCOCCN. The Balaban J connectivity index is 4.10. The first-order valence-electron chi connectivity index (χ1n) is 23.5. The van der Waals surface area contributed by atoms with Crippen molar-refractivity contribution >= 4 is 5.91 Å². The lowest BCUT2D eigenvalue weighted by Crippen LogP contribution is -2.41. The number of amides is 1. The smallest absolute Gasteiger partial charge is 0.251 e. The van der Waals surface area contributed by atoms with Crippen molar-refractivity contribution in [3.63, 3.8) is 0 Å². The number of ether oxygens (including phenoxy) is 5. The fourth-order valence-corrected chi connectivity index (χ4v) is 6.40. The van der Waals surface area contributed by atoms with Crippen LogP contribution in [0.1, 0.15) is 194 Å². The van der Waals surface area contributed by atoms with E-state index in [1.54, 1.807) is 0 Å². The van der Waals surface area contributed by atoms with E-state index in [9.17, 15) is 4.79 Å². The molecule has 0 aromatic rings. The molecule has 0 rings (SSSR count). The van der Waals surface area contributed by atoms with Crippen LogP contribution in [0.4, 0.5) is 0 Å². The predicted octanol–water partition coefficient (Wildman–Crippen LogP) is 11.6. The third-order valence-electron chi connectivity index (χ3n) is 9.89. The first kappa shape index (κ1) is 53.7. The number of rotatable bonds is 47. The highest BCUT2D eigenvalue weighted by Gasteiger charge is 2.19. The molecule has 0 spiro atoms. The molecule has 0 aliphatic carbocycles. The minimum Gasteiger partial charge on any atom is -0.378 e. The standard InChI is InChI=1S/C47H92N2O6/c1-3-5-7-9-11-13-15-17-19-21-23-25-27-29-31-33-37-54-45-46(47(50)49-36-40-52-42-44-53-43-41-51-39-35-48)55-38-34-32-30-28-26-24-22-20-18-16-14-12-10-8-6-4-2/h17-20,46H,3-16,21-45,48H2,1-2H3,(H,49,50)/b19-17-,20-18-. The Morgan fingerprint density at radius 2 is 0.836 bits per heavy atom. The van der Waals surface area contributed by atoms with Crippen molar-refractivity contribution in [3.8, 4) is 0 Å². The van der Waals surface area contributed by atoms with Gasteiger partial charge in [0.15, 0.2) is 6.10 Å². The Morgan fingerprint density at radius 1 is 0.455 bits per heavy atom. The van der Waals surface area contributed by atoms with E-state index < -0.39 is 6.10 Å². The molecular formula is C47H92N2O6. The van der Waals surface area contributed by atoms with Crippen LogP contribution in [0.25, 0.3) is 0 Å². The summed E-state index contributed by atoms with van der Waals surface area (Å²) in [4.78, 5) is 13.0. The fraction of sp³-hybridized carbons (Fsp3) is 0.894. The number of allylic oxidation sites excluding steroid dienone is 4. The van der Waals surface area contributed by atoms with Crippen LogP contribution in [0.3, 0.4) is 0 Å². The average molecular weight is 781 g/mol. The summed E-state index contributed by atoms with van der Waals surface area (Å²) < 4.78 is 28.4. The molecule has 0 heterocycles. The van der Waals surface area contributed by atoms with Crippen LogP contribution < -0.4 is 11.1 Å². The molecule has 0 saturated heterocycles. The number of nitrogens with one attached hydrogen (secondary N) is 1. The molecule has 0 aliphatic heterocycles. The van der Waals surface area contributed by atoms with Crippen molar-refractivity contribution in [1.29, 1.82) is 0 Å². The quantitative estimate of drug-likeness (QED) is 0.0468. The number of carbonyl (C=O) groups excluding carboxylic acids is 1. The van der Waals surface area contributed by atoms with Gasteiger partial charge in [-0.05, 0) is 64.2 Å². The summed E-state index contributed by atoms with van der Waals surface area (Å²) in [6.07, 6.45) is 44.8. The van der Waals surface area contributed by atoms with Crippen LogP contribution in [-0.2, 0) is 28.5 Å². The van der Waals surface area contributed by atoms with Crippen LogP contribution in [0.5, 0.6) is 0 Å². The zero-order chi connectivity index (χ0) is 39.8. The van der Waals surface area contributed by atoms with Gasteiger partial charge in [0.05, 0.1) is 46.2 Å². The number of carbonyl (C=O) groups is 1. The summed E-state index contributed by atoms with van der Waals surface area (Å²) in [5.41, 5.74) is 5.41. The van der Waals surface area contributed by atoms with Crippen LogP contribution in [0, 0.1) is 0 Å². The van der Waals surface area contributed by atoms with Gasteiger partial charge in [0.25, 0.3) is 5.91 Å². The Bertz CT molecular complexity index is 795. The highest BCUT2D eigenvalue weighted by molar-refractivity contribution is 5.80. The molecule has 0 radical (unpaired) electrons. The summed E-state index contributed by atoms with van der Waals surface area (Å²) in [5, 5.41) is 2.97. The first-order valence-corrected chi connectivity index (χ1v) is 23.5. The van der Waals surface area contributed by atoms with Gasteiger partial charge in [-0.1, -0.05) is 154 Å². The molecule has 0 saturated carbocycles. The lowest BCUT2D eigenvalue weighted by Gasteiger charge is -2.18. The first-order chi connectivity index (χ1) is 27.3. The summed E-state index contributed by atoms with van der Waals surface area (Å²) in [5.74, 6) is -0.123. The normalized spacial score (nSPS) is 12.4. The molecule has 1 atom stereocenters. The molecule has 0 aromatic carbocycles. The molecule has 3 N–H and O–H groups in total. The lowest BCUT2D eigenvalue weighted by atomic mass is 10.1. The molecular weight excluding hydrogens is 689 g/mol. The van der Waals surface area contributed by atoms with Crippen molar-refractivity contribution in [2.24, 2.45) is 5.73 Å². The maximum absolute atomic E-state index is 13.0. The summed E-state index contributed by atoms with van der Waals surface area (Å²) in [6, 6.07) is 0. The zero-order valence-electron chi connectivity index (χ0n) is 36.5. The van der Waals surface area contributed by atoms with Crippen LogP contribution >= 0.6 is 0 Å². The number of nitrogens with two attached hydrogens (primary N) is 1. The average Bonchev–Trinajstić information content (AvgIpc) is 3.19. The maximum atomic E-state index is 13.0. The number of unbranched alkanes of at least 4 members (excludes halogenated alkanes) is 24. The molecule has 55 heavy (non-hydrogen) atoms. The number of hydrogen-bond acceptors (Lipinski definition) is 7. The van der Waals surface area contributed by atoms with E-state index in [0.717, 1.165) is 19.3 Å². The third kappa shape index (κ3) is 45.3. The predicted molar refractivity (Wildman–Crippen MR) is 234 cm³/mol. The van der Waals surface area contributed by atoms with E-state index in [4.69, 9.17) is 29.4 Å². The van der Waals surface area contributed by atoms with Crippen molar-refractivity contribution in [1.82, 2.24) is 5.32 Å². The van der Waals surface area contributed by atoms with Gasteiger partial charge in [0.2, 0.25) is 0 Å². The highest BCUT2D eigenvalue weighted by Crippen LogP contribution is 2.12. The second-order valence-corrected chi connectivity index (χ2v) is 15.2. The third-order valence-corrected chi connectivity index (χ3v) is 9.89. The maximum Gasteiger partial charge on any atom is 0.251 e. The fourth-order valence-electron chi connectivity index (χ4n) is 6.40. The van der Waals surface area contributed by atoms with Gasteiger partial charge >= 0.3 is 0 Å². The largest absolute Gasteiger partial charge is 0.378 e. The molecule has 1 amide bonds. The summed E-state index contributed by atoms with van der Waals surface area (Å²) in [7, 11) is 0. The lowest BCUT2D eigenvalue weighted by molar-refractivity contribution is -0.137. The van der Waals surface area contributed by atoms with Gasteiger partial charge in [-0.15, -0.1) is 0 Å². The van der Waals surface area contributed by atoms with Gasteiger partial charge in [0, 0.05) is 26.3 Å². The Kier molecular flexibility index (Phi) is 47.7. The molecule has 326 valence electrons. The van der Waals surface area contributed by atoms with Crippen LogP contribution in [0.15, 0.2) is 24.3 Å². The van der Waals surface area contributed by atoms with Crippen LogP contribution in [-0.4, -0.2) is 84.6 Å². The number of hydrogen-bond donors (Lipinski definition) is 2. The topological polar surface area (TPSA) is 101 Å². The van der Waals surface area contributed by atoms with Gasteiger partial charge in [-0.25, -0.2) is 0 Å². The van der Waals surface area contributed by atoms with E-state index in [2.05, 4.69) is 43.5 Å². The Labute approximate surface area is 341 Å². The van der Waals surface area contributed by atoms with E-state index >= 15 is 0 Å². The molecule has 0 bridgehead atoms. The van der Waals surface area contributed by atoms with Crippen LogP contribution in [0.2, 0.25) is 0 Å². The summed E-state index contributed by atoms with van der Waals surface area (Å²) in [6.45, 7) is 10.0. The minimum absolute atomic E-state index is 0.123. The zero-order valence-corrected chi connectivity index (χ0v) is 36.5. The van der Waals surface area contributed by atoms with Gasteiger partial charge < -0.3 is 34.7 Å². The second kappa shape index (κ2) is 48.9. The molecule has 8 heteroatoms. The van der Waals surface area contributed by atoms with E-state index in [0.29, 0.717) is 72.6 Å². The monoisotopic (exact) mass is 781 g/mol. The van der Waals surface area contributed by atoms with E-state index in [1.165, 1.54) is 161 Å². The second-order valence-electron chi connectivity index (χ2n) is 15.2. The van der Waals surface area contributed by atoms with Crippen molar-refractivity contribution in [2.75, 3.05) is 72.6 Å². The molecule has 0 aliphatic rings. The van der Waals surface area contributed by atoms with E-state index in [1.807, 2.05) is 0 Å². The van der Waals surface area contributed by atoms with Crippen molar-refractivity contribution in [3.05, 3.63) is 24.3 Å². The molecule has 0 fully saturated rings.